The van der Waals surface area contributed by atoms with Gasteiger partial charge in [-0.05, 0) is 12.1 Å². The Hall–Kier alpha value is -0.770. The van der Waals surface area contributed by atoms with Crippen LogP contribution in [-0.2, 0) is 6.18 Å². The van der Waals surface area contributed by atoms with Crippen molar-refractivity contribution in [2.45, 2.75) is 6.18 Å². The molecule has 0 amide bonds. The van der Waals surface area contributed by atoms with E-state index in [9.17, 15) is 17.6 Å². The zero-order valence-corrected chi connectivity index (χ0v) is 6.30. The highest BCUT2D eigenvalue weighted by Gasteiger charge is 2.36. The fourth-order valence-corrected chi connectivity index (χ4v) is 0.969. The van der Waals surface area contributed by atoms with Gasteiger partial charge in [0.25, 0.3) is 0 Å². The van der Waals surface area contributed by atoms with Gasteiger partial charge < -0.3 is 0 Å². The van der Waals surface area contributed by atoms with E-state index >= 15 is 0 Å². The van der Waals surface area contributed by atoms with E-state index in [0.717, 1.165) is 6.07 Å². The SMILES string of the molecule is Fc1cc[c]c(Cl)c1C(F)(F)F. The van der Waals surface area contributed by atoms with Crippen LogP contribution in [0.2, 0.25) is 5.02 Å². The molecule has 0 nitrogen and oxygen atoms in total. The van der Waals surface area contributed by atoms with Crippen LogP contribution in [0.4, 0.5) is 17.6 Å². The van der Waals surface area contributed by atoms with Crippen molar-refractivity contribution in [1.82, 2.24) is 0 Å². The Morgan fingerprint density at radius 1 is 1.33 bits per heavy atom. The Balaban J connectivity index is 3.31. The third kappa shape index (κ3) is 1.69. The van der Waals surface area contributed by atoms with Crippen LogP contribution in [0, 0.1) is 11.9 Å². The second kappa shape index (κ2) is 2.94. The molecule has 0 aliphatic rings. The van der Waals surface area contributed by atoms with Crippen LogP contribution in [0.25, 0.3) is 0 Å². The van der Waals surface area contributed by atoms with Crippen molar-refractivity contribution < 1.29 is 17.6 Å². The predicted molar refractivity (Wildman–Crippen MR) is 35.2 cm³/mol. The summed E-state index contributed by atoms with van der Waals surface area (Å²) in [7, 11) is 0. The molecule has 0 saturated carbocycles. The molecule has 5 heteroatoms. The molecule has 1 aromatic rings. The summed E-state index contributed by atoms with van der Waals surface area (Å²) in [5, 5.41) is -0.748. The van der Waals surface area contributed by atoms with E-state index in [-0.39, 0.29) is 0 Å². The molecule has 0 aromatic heterocycles. The first-order valence-corrected chi connectivity index (χ1v) is 3.23. The molecule has 0 atom stereocenters. The highest BCUT2D eigenvalue weighted by atomic mass is 35.5. The van der Waals surface area contributed by atoms with Gasteiger partial charge in [0.2, 0.25) is 0 Å². The molecule has 1 radical (unpaired) electrons. The second-order valence-corrected chi connectivity index (χ2v) is 2.39. The lowest BCUT2D eigenvalue weighted by atomic mass is 10.2. The summed E-state index contributed by atoms with van der Waals surface area (Å²) >= 11 is 5.10. The predicted octanol–water partition coefficient (Wildman–Crippen LogP) is 3.30. The van der Waals surface area contributed by atoms with Gasteiger partial charge in [0.05, 0.1) is 5.02 Å². The van der Waals surface area contributed by atoms with Crippen molar-refractivity contribution in [2.24, 2.45) is 0 Å². The minimum atomic E-state index is -4.76. The van der Waals surface area contributed by atoms with Crippen LogP contribution in [0.1, 0.15) is 5.56 Å². The number of halogens is 5. The Kier molecular flexibility index (Phi) is 2.28. The molecule has 0 unspecified atom stereocenters. The summed E-state index contributed by atoms with van der Waals surface area (Å²) in [5.74, 6) is -1.38. The number of hydrogen-bond donors (Lipinski definition) is 0. The Bertz CT molecular complexity index is 272. The topological polar surface area (TPSA) is 0 Å². The molecule has 0 spiro atoms. The van der Waals surface area contributed by atoms with Crippen molar-refractivity contribution in [1.29, 1.82) is 0 Å². The van der Waals surface area contributed by atoms with Gasteiger partial charge in [-0.2, -0.15) is 13.2 Å². The van der Waals surface area contributed by atoms with Crippen molar-refractivity contribution in [2.75, 3.05) is 0 Å². The molecule has 65 valence electrons. The maximum Gasteiger partial charge on any atom is 0.420 e. The van der Waals surface area contributed by atoms with E-state index in [0.29, 0.717) is 6.07 Å². The monoisotopic (exact) mass is 197 g/mol. The first kappa shape index (κ1) is 9.32. The van der Waals surface area contributed by atoms with Gasteiger partial charge in [-0.25, -0.2) is 4.39 Å². The summed E-state index contributed by atoms with van der Waals surface area (Å²) in [6.45, 7) is 0. The summed E-state index contributed by atoms with van der Waals surface area (Å²) < 4.78 is 48.4. The molecule has 0 aliphatic carbocycles. The number of alkyl halides is 3. The van der Waals surface area contributed by atoms with Crippen LogP contribution >= 0.6 is 11.6 Å². The van der Waals surface area contributed by atoms with Crippen LogP contribution in [0.5, 0.6) is 0 Å². The molecule has 0 saturated heterocycles. The summed E-state index contributed by atoms with van der Waals surface area (Å²) in [5.41, 5.74) is -1.47. The maximum absolute atomic E-state index is 12.5. The molecule has 1 aromatic carbocycles. The van der Waals surface area contributed by atoms with Crippen molar-refractivity contribution in [3.63, 3.8) is 0 Å². The molecule has 0 heterocycles. The highest BCUT2D eigenvalue weighted by Crippen LogP contribution is 2.35. The average Bonchev–Trinajstić information content (AvgIpc) is 1.82. The van der Waals surface area contributed by atoms with Gasteiger partial charge in [0.15, 0.2) is 0 Å². The quantitative estimate of drug-likeness (QED) is 0.560. The minimum absolute atomic E-state index is 0.661. The van der Waals surface area contributed by atoms with Crippen molar-refractivity contribution in [3.05, 3.63) is 34.6 Å². The fourth-order valence-electron chi connectivity index (χ4n) is 0.708. The molecule has 0 bridgehead atoms. The van der Waals surface area contributed by atoms with Gasteiger partial charge in [0.1, 0.15) is 11.4 Å². The summed E-state index contributed by atoms with van der Waals surface area (Å²) in [6, 6.07) is 3.71. The maximum atomic E-state index is 12.5. The highest BCUT2D eigenvalue weighted by molar-refractivity contribution is 6.31. The zero-order valence-electron chi connectivity index (χ0n) is 5.54. The fraction of sp³-hybridized carbons (Fsp3) is 0.143. The first-order chi connectivity index (χ1) is 5.43. The van der Waals surface area contributed by atoms with Gasteiger partial charge >= 0.3 is 6.18 Å². The lowest BCUT2D eigenvalue weighted by Crippen LogP contribution is -2.08. The van der Waals surface area contributed by atoms with Gasteiger partial charge in [-0.1, -0.05) is 11.6 Å². The van der Waals surface area contributed by atoms with E-state index < -0.39 is 22.6 Å². The molecule has 1 rings (SSSR count). The molecule has 0 N–H and O–H groups in total. The third-order valence-electron chi connectivity index (χ3n) is 1.18. The van der Waals surface area contributed by atoms with Gasteiger partial charge in [0, 0.05) is 6.07 Å². The zero-order chi connectivity index (χ0) is 9.35. The van der Waals surface area contributed by atoms with E-state index in [2.05, 4.69) is 6.07 Å². The smallest absolute Gasteiger partial charge is 0.206 e. The largest absolute Gasteiger partial charge is 0.420 e. The Morgan fingerprint density at radius 2 is 1.92 bits per heavy atom. The molecule has 12 heavy (non-hydrogen) atoms. The third-order valence-corrected chi connectivity index (χ3v) is 1.48. The van der Waals surface area contributed by atoms with E-state index in [4.69, 9.17) is 11.6 Å². The van der Waals surface area contributed by atoms with Gasteiger partial charge in [-0.15, -0.1) is 0 Å². The standard InChI is InChI=1S/C7H2ClF4/c8-4-2-1-3-5(9)6(4)7(10,11)12/h1,3H. The summed E-state index contributed by atoms with van der Waals surface area (Å²) in [4.78, 5) is 0. The Labute approximate surface area is 70.8 Å². The number of benzene rings is 1. The van der Waals surface area contributed by atoms with Gasteiger partial charge in [-0.3, -0.25) is 0 Å². The number of hydrogen-bond acceptors (Lipinski definition) is 0. The first-order valence-electron chi connectivity index (χ1n) is 2.86. The molecular formula is C7H2ClF4. The van der Waals surface area contributed by atoms with Crippen LogP contribution < -0.4 is 0 Å². The lowest BCUT2D eigenvalue weighted by Gasteiger charge is -2.08. The molecular weight excluding hydrogens is 196 g/mol. The van der Waals surface area contributed by atoms with E-state index in [1.54, 1.807) is 0 Å². The average molecular weight is 198 g/mol. The minimum Gasteiger partial charge on any atom is -0.206 e. The summed E-state index contributed by atoms with van der Waals surface area (Å²) in [6.07, 6.45) is -4.76. The normalized spacial score (nSPS) is 11.8. The van der Waals surface area contributed by atoms with E-state index in [1.807, 2.05) is 0 Å². The van der Waals surface area contributed by atoms with Crippen LogP contribution in [0.3, 0.4) is 0 Å². The lowest BCUT2D eigenvalue weighted by molar-refractivity contribution is -0.139. The Morgan fingerprint density at radius 3 is 2.25 bits per heavy atom. The molecule has 0 fully saturated rings. The van der Waals surface area contributed by atoms with Crippen LogP contribution in [-0.4, -0.2) is 0 Å². The second-order valence-electron chi connectivity index (χ2n) is 2.01. The van der Waals surface area contributed by atoms with Crippen molar-refractivity contribution >= 4 is 11.6 Å². The number of rotatable bonds is 0. The molecule has 0 aliphatic heterocycles. The van der Waals surface area contributed by atoms with E-state index in [1.165, 1.54) is 0 Å². The van der Waals surface area contributed by atoms with Crippen molar-refractivity contribution in [3.8, 4) is 0 Å². The van der Waals surface area contributed by atoms with Crippen LogP contribution in [0.15, 0.2) is 12.1 Å².